The maximum atomic E-state index is 5.90. The van der Waals surface area contributed by atoms with Crippen molar-refractivity contribution in [2.24, 2.45) is 0 Å². The predicted octanol–water partition coefficient (Wildman–Crippen LogP) is 4.33. The van der Waals surface area contributed by atoms with Gasteiger partial charge in [0, 0.05) is 5.88 Å². The van der Waals surface area contributed by atoms with E-state index in [2.05, 4.69) is 19.1 Å². The molecule has 0 bridgehead atoms. The number of halogens is 1. The van der Waals surface area contributed by atoms with Crippen molar-refractivity contribution in [2.45, 2.75) is 19.4 Å². The molecule has 0 saturated heterocycles. The number of hydrogen-bond acceptors (Lipinski definition) is 3. The molecule has 0 fully saturated rings. The Hall–Kier alpha value is -1.87. The second-order valence-corrected chi connectivity index (χ2v) is 5.01. The number of rotatable bonds is 6. The first kappa shape index (κ1) is 15.5. The zero-order chi connectivity index (χ0) is 15.2. The van der Waals surface area contributed by atoms with E-state index in [1.54, 1.807) is 14.2 Å². The second-order valence-electron chi connectivity index (χ2n) is 4.74. The van der Waals surface area contributed by atoms with Gasteiger partial charge in [0.15, 0.2) is 11.5 Å². The lowest BCUT2D eigenvalue weighted by molar-refractivity contribution is 0.265. The summed E-state index contributed by atoms with van der Waals surface area (Å²) < 4.78 is 16.7. The molecule has 0 N–H and O–H groups in total. The smallest absolute Gasteiger partial charge is 0.203 e. The van der Waals surface area contributed by atoms with Gasteiger partial charge in [-0.25, -0.2) is 0 Å². The summed E-state index contributed by atoms with van der Waals surface area (Å²) in [6.07, 6.45) is 0. The molecule has 0 radical (unpaired) electrons. The monoisotopic (exact) mass is 306 g/mol. The van der Waals surface area contributed by atoms with E-state index in [1.807, 2.05) is 24.3 Å². The van der Waals surface area contributed by atoms with Gasteiger partial charge in [-0.15, -0.1) is 11.6 Å². The molecule has 0 spiro atoms. The van der Waals surface area contributed by atoms with Crippen molar-refractivity contribution in [1.29, 1.82) is 0 Å². The number of methoxy groups -OCH3 is 2. The van der Waals surface area contributed by atoms with E-state index in [0.29, 0.717) is 29.7 Å². The third-order valence-electron chi connectivity index (χ3n) is 3.14. The lowest BCUT2D eigenvalue weighted by Gasteiger charge is -2.15. The zero-order valence-electron chi connectivity index (χ0n) is 12.5. The van der Waals surface area contributed by atoms with Crippen molar-refractivity contribution in [3.8, 4) is 17.2 Å². The van der Waals surface area contributed by atoms with E-state index < -0.39 is 0 Å². The fourth-order valence-corrected chi connectivity index (χ4v) is 2.27. The van der Waals surface area contributed by atoms with E-state index in [0.717, 1.165) is 11.1 Å². The van der Waals surface area contributed by atoms with Crippen molar-refractivity contribution in [3.05, 3.63) is 53.1 Å². The van der Waals surface area contributed by atoms with Gasteiger partial charge >= 0.3 is 0 Å². The van der Waals surface area contributed by atoms with Crippen LogP contribution in [0.15, 0.2) is 36.4 Å². The van der Waals surface area contributed by atoms with Crippen LogP contribution in [0.3, 0.4) is 0 Å². The van der Waals surface area contributed by atoms with Crippen LogP contribution in [0, 0.1) is 6.92 Å². The molecule has 112 valence electrons. The fraction of sp³-hybridized carbons (Fsp3) is 0.294. The highest BCUT2D eigenvalue weighted by Crippen LogP contribution is 2.39. The average molecular weight is 307 g/mol. The Balaban J connectivity index is 2.26. The first-order chi connectivity index (χ1) is 10.2. The minimum absolute atomic E-state index is 0.394. The van der Waals surface area contributed by atoms with Crippen LogP contribution >= 0.6 is 11.6 Å². The molecule has 0 heterocycles. The van der Waals surface area contributed by atoms with Crippen LogP contribution in [0.25, 0.3) is 0 Å². The first-order valence-corrected chi connectivity index (χ1v) is 7.20. The number of alkyl halides is 1. The Bertz CT molecular complexity index is 586. The molecule has 0 aromatic heterocycles. The van der Waals surface area contributed by atoms with Gasteiger partial charge in [0.05, 0.1) is 14.2 Å². The lowest BCUT2D eigenvalue weighted by Crippen LogP contribution is -2.01. The summed E-state index contributed by atoms with van der Waals surface area (Å²) in [5, 5.41) is 0. The maximum absolute atomic E-state index is 5.90. The molecule has 2 aromatic rings. The summed E-state index contributed by atoms with van der Waals surface area (Å²) in [4.78, 5) is 0. The van der Waals surface area contributed by atoms with Crippen LogP contribution in [0.5, 0.6) is 17.2 Å². The van der Waals surface area contributed by atoms with Gasteiger partial charge in [-0.3, -0.25) is 0 Å². The molecule has 21 heavy (non-hydrogen) atoms. The number of hydrogen-bond donors (Lipinski definition) is 0. The van der Waals surface area contributed by atoms with Gasteiger partial charge in [0.25, 0.3) is 0 Å². The van der Waals surface area contributed by atoms with Crippen LogP contribution in [-0.4, -0.2) is 14.2 Å². The average Bonchev–Trinajstić information content (AvgIpc) is 2.52. The normalized spacial score (nSPS) is 10.3. The highest BCUT2D eigenvalue weighted by atomic mass is 35.5. The van der Waals surface area contributed by atoms with Gasteiger partial charge in [0.2, 0.25) is 5.75 Å². The molecule has 2 rings (SSSR count). The Morgan fingerprint density at radius 3 is 2.14 bits per heavy atom. The van der Waals surface area contributed by atoms with E-state index in [-0.39, 0.29) is 0 Å². The van der Waals surface area contributed by atoms with Crippen LogP contribution < -0.4 is 14.2 Å². The van der Waals surface area contributed by atoms with E-state index in [4.69, 9.17) is 25.8 Å². The summed E-state index contributed by atoms with van der Waals surface area (Å²) in [5.41, 5.74) is 3.22. The molecule has 0 amide bonds. The van der Waals surface area contributed by atoms with E-state index in [9.17, 15) is 0 Å². The van der Waals surface area contributed by atoms with E-state index >= 15 is 0 Å². The van der Waals surface area contributed by atoms with Crippen molar-refractivity contribution < 1.29 is 14.2 Å². The minimum atomic E-state index is 0.394. The SMILES string of the molecule is COc1cc(CCl)cc(OC)c1OCc1cccc(C)c1. The quantitative estimate of drug-likeness (QED) is 0.743. The standard InChI is InChI=1S/C17H19ClO3/c1-12-5-4-6-13(7-12)11-21-17-15(19-2)8-14(10-18)9-16(17)20-3/h4-9H,10-11H2,1-3H3. The highest BCUT2D eigenvalue weighted by molar-refractivity contribution is 6.17. The molecule has 0 unspecified atom stereocenters. The number of aryl methyl sites for hydroxylation is 1. The molecule has 0 atom stereocenters. The molecule has 0 aliphatic rings. The first-order valence-electron chi connectivity index (χ1n) is 6.67. The maximum Gasteiger partial charge on any atom is 0.203 e. The summed E-state index contributed by atoms with van der Waals surface area (Å²) in [5.74, 6) is 2.23. The Morgan fingerprint density at radius 2 is 1.62 bits per heavy atom. The Morgan fingerprint density at radius 1 is 0.952 bits per heavy atom. The minimum Gasteiger partial charge on any atom is -0.493 e. The molecular weight excluding hydrogens is 288 g/mol. The van der Waals surface area contributed by atoms with Crippen LogP contribution in [0.1, 0.15) is 16.7 Å². The van der Waals surface area contributed by atoms with Crippen LogP contribution in [0.4, 0.5) is 0 Å². The van der Waals surface area contributed by atoms with Gasteiger partial charge in [-0.2, -0.15) is 0 Å². The van der Waals surface area contributed by atoms with Crippen molar-refractivity contribution in [1.82, 2.24) is 0 Å². The number of ether oxygens (including phenoxy) is 3. The highest BCUT2D eigenvalue weighted by Gasteiger charge is 2.14. The summed E-state index contributed by atoms with van der Waals surface area (Å²) in [6, 6.07) is 11.9. The molecule has 2 aromatic carbocycles. The second kappa shape index (κ2) is 7.23. The van der Waals surface area contributed by atoms with Crippen LogP contribution in [-0.2, 0) is 12.5 Å². The largest absolute Gasteiger partial charge is 0.493 e. The topological polar surface area (TPSA) is 27.7 Å². The van der Waals surface area contributed by atoms with Crippen molar-refractivity contribution in [2.75, 3.05) is 14.2 Å². The zero-order valence-corrected chi connectivity index (χ0v) is 13.2. The van der Waals surface area contributed by atoms with Crippen molar-refractivity contribution >= 4 is 11.6 Å². The lowest BCUT2D eigenvalue weighted by atomic mass is 10.1. The third kappa shape index (κ3) is 3.82. The summed E-state index contributed by atoms with van der Waals surface area (Å²) in [7, 11) is 3.21. The van der Waals surface area contributed by atoms with Gasteiger partial charge in [-0.1, -0.05) is 29.8 Å². The molecule has 0 saturated carbocycles. The molecule has 0 aliphatic carbocycles. The van der Waals surface area contributed by atoms with Crippen molar-refractivity contribution in [3.63, 3.8) is 0 Å². The molecule has 4 heteroatoms. The number of benzene rings is 2. The third-order valence-corrected chi connectivity index (χ3v) is 3.45. The molecular formula is C17H19ClO3. The van der Waals surface area contributed by atoms with E-state index in [1.165, 1.54) is 5.56 Å². The summed E-state index contributed by atoms with van der Waals surface area (Å²) >= 11 is 5.88. The molecule has 0 aliphatic heterocycles. The van der Waals surface area contributed by atoms with Crippen LogP contribution in [0.2, 0.25) is 0 Å². The predicted molar refractivity (Wildman–Crippen MR) is 84.6 cm³/mol. The Labute approximate surface area is 130 Å². The fourth-order valence-electron chi connectivity index (χ4n) is 2.11. The van der Waals surface area contributed by atoms with Gasteiger partial charge < -0.3 is 14.2 Å². The van der Waals surface area contributed by atoms with Gasteiger partial charge in [0.1, 0.15) is 6.61 Å². The summed E-state index contributed by atoms with van der Waals surface area (Å²) in [6.45, 7) is 2.51. The van der Waals surface area contributed by atoms with Gasteiger partial charge in [-0.05, 0) is 30.2 Å². The molecule has 3 nitrogen and oxygen atoms in total. The Kier molecular flexibility index (Phi) is 5.34.